The minimum atomic E-state index is -0.616. The van der Waals surface area contributed by atoms with Gasteiger partial charge in [0.1, 0.15) is 24.4 Å². The zero-order chi connectivity index (χ0) is 19.3. The van der Waals surface area contributed by atoms with Gasteiger partial charge in [0.25, 0.3) is 0 Å². The Bertz CT molecular complexity index is 346. The molecule has 25 heavy (non-hydrogen) atoms. The maximum atomic E-state index is 11.3. The maximum Gasteiger partial charge on any atom is 0.367 e. The van der Waals surface area contributed by atoms with Crippen LogP contribution in [0.1, 0.15) is 41.5 Å². The molecule has 0 aromatic heterocycles. The molecule has 0 aliphatic rings. The fourth-order valence-electron chi connectivity index (χ4n) is 1.04. The van der Waals surface area contributed by atoms with Crippen LogP contribution in [-0.4, -0.2) is 62.8 Å². The summed E-state index contributed by atoms with van der Waals surface area (Å²) in [7, 11) is 0. The first kappa shape index (κ1) is 23.7. The SMILES string of the molecule is CC(C)(C)OOC(=O)COCCOCCOCC(=O)OOC(C)(C)C. The van der Waals surface area contributed by atoms with Gasteiger partial charge in [0, 0.05) is 0 Å². The number of carbonyl (C=O) groups is 2. The largest absolute Gasteiger partial charge is 0.377 e. The van der Waals surface area contributed by atoms with E-state index >= 15 is 0 Å². The molecule has 0 unspecified atom stereocenters. The van der Waals surface area contributed by atoms with Crippen LogP contribution in [0.5, 0.6) is 0 Å². The standard InChI is InChI=1S/C16H30O9/c1-15(2,3)24-22-13(17)11-20-9-7-19-8-10-21-12-14(18)23-25-16(4,5)6/h7-12H2,1-6H3. The molecule has 0 aromatic carbocycles. The lowest BCUT2D eigenvalue weighted by Gasteiger charge is -2.16. The molecular weight excluding hydrogens is 336 g/mol. The van der Waals surface area contributed by atoms with Crippen LogP contribution in [0.2, 0.25) is 0 Å². The topological polar surface area (TPSA) is 98.8 Å². The molecule has 148 valence electrons. The quantitative estimate of drug-likeness (QED) is 0.289. The maximum absolute atomic E-state index is 11.3. The van der Waals surface area contributed by atoms with Crippen molar-refractivity contribution in [2.24, 2.45) is 0 Å². The third kappa shape index (κ3) is 18.9. The van der Waals surface area contributed by atoms with Gasteiger partial charge < -0.3 is 14.2 Å². The van der Waals surface area contributed by atoms with Crippen LogP contribution in [0.25, 0.3) is 0 Å². The molecule has 0 N–H and O–H groups in total. The van der Waals surface area contributed by atoms with E-state index in [0.717, 1.165) is 0 Å². The monoisotopic (exact) mass is 366 g/mol. The second-order valence-electron chi connectivity index (χ2n) is 7.02. The van der Waals surface area contributed by atoms with Crippen LogP contribution < -0.4 is 0 Å². The van der Waals surface area contributed by atoms with E-state index in [1.54, 1.807) is 41.5 Å². The molecule has 0 saturated carbocycles. The predicted molar refractivity (Wildman–Crippen MR) is 86.3 cm³/mol. The van der Waals surface area contributed by atoms with Gasteiger partial charge in [-0.3, -0.25) is 9.78 Å². The summed E-state index contributed by atoms with van der Waals surface area (Å²) in [4.78, 5) is 41.3. The lowest BCUT2D eigenvalue weighted by atomic mass is 10.2. The second-order valence-corrected chi connectivity index (χ2v) is 7.02. The molecule has 0 radical (unpaired) electrons. The minimum Gasteiger partial charge on any atom is -0.377 e. The second kappa shape index (κ2) is 12.2. The number of hydrogen-bond donors (Lipinski definition) is 0. The number of rotatable bonds is 12. The smallest absolute Gasteiger partial charge is 0.367 e. The molecule has 0 heterocycles. The predicted octanol–water partition coefficient (Wildman–Crippen LogP) is 1.58. The lowest BCUT2D eigenvalue weighted by Crippen LogP contribution is -2.24. The van der Waals surface area contributed by atoms with Crippen molar-refractivity contribution in [3.05, 3.63) is 0 Å². The number of ether oxygens (including phenoxy) is 3. The van der Waals surface area contributed by atoms with E-state index in [2.05, 4.69) is 9.78 Å². The van der Waals surface area contributed by atoms with Gasteiger partial charge in [-0.15, -0.1) is 0 Å². The van der Waals surface area contributed by atoms with Gasteiger partial charge in [0.05, 0.1) is 26.4 Å². The first-order valence-electron chi connectivity index (χ1n) is 8.00. The fraction of sp³-hybridized carbons (Fsp3) is 0.875. The van der Waals surface area contributed by atoms with Crippen molar-refractivity contribution >= 4 is 11.9 Å². The van der Waals surface area contributed by atoms with Crippen molar-refractivity contribution in [1.29, 1.82) is 0 Å². The zero-order valence-corrected chi connectivity index (χ0v) is 15.9. The summed E-state index contributed by atoms with van der Waals surface area (Å²) in [5, 5.41) is 0. The Morgan fingerprint density at radius 2 is 0.920 bits per heavy atom. The first-order chi connectivity index (χ1) is 11.5. The van der Waals surface area contributed by atoms with Crippen molar-refractivity contribution < 1.29 is 43.3 Å². The van der Waals surface area contributed by atoms with Crippen molar-refractivity contribution in [3.8, 4) is 0 Å². The van der Waals surface area contributed by atoms with Crippen molar-refractivity contribution in [3.63, 3.8) is 0 Å². The normalized spacial score (nSPS) is 12.1. The highest BCUT2D eigenvalue weighted by Gasteiger charge is 2.16. The van der Waals surface area contributed by atoms with Crippen LogP contribution in [-0.2, 0) is 43.3 Å². The van der Waals surface area contributed by atoms with Gasteiger partial charge >= 0.3 is 11.9 Å². The van der Waals surface area contributed by atoms with Gasteiger partial charge in [-0.05, 0) is 41.5 Å². The Morgan fingerprint density at radius 3 is 1.24 bits per heavy atom. The first-order valence-corrected chi connectivity index (χ1v) is 8.00. The van der Waals surface area contributed by atoms with Gasteiger partial charge in [0.15, 0.2) is 0 Å². The molecular formula is C16H30O9. The highest BCUT2D eigenvalue weighted by atomic mass is 17.2. The third-order valence-electron chi connectivity index (χ3n) is 1.95. The van der Waals surface area contributed by atoms with Crippen molar-refractivity contribution in [2.45, 2.75) is 52.7 Å². The van der Waals surface area contributed by atoms with E-state index < -0.39 is 23.1 Å². The average Bonchev–Trinajstić information content (AvgIpc) is 2.48. The molecule has 0 rings (SSSR count). The zero-order valence-electron chi connectivity index (χ0n) is 15.9. The van der Waals surface area contributed by atoms with E-state index in [1.807, 2.05) is 0 Å². The molecule has 0 saturated heterocycles. The molecule has 0 aromatic rings. The lowest BCUT2D eigenvalue weighted by molar-refractivity contribution is -0.322. The Morgan fingerprint density at radius 1 is 0.600 bits per heavy atom. The Balaban J connectivity index is 3.39. The average molecular weight is 366 g/mol. The summed E-state index contributed by atoms with van der Waals surface area (Å²) in [6.45, 7) is 11.1. The van der Waals surface area contributed by atoms with Crippen LogP contribution in [0.3, 0.4) is 0 Å². The van der Waals surface area contributed by atoms with E-state index in [4.69, 9.17) is 24.0 Å². The highest BCUT2D eigenvalue weighted by Crippen LogP contribution is 2.07. The molecule has 0 atom stereocenters. The minimum absolute atomic E-state index is 0.214. The van der Waals surface area contributed by atoms with Gasteiger partial charge in [-0.25, -0.2) is 9.59 Å². The molecule has 0 fully saturated rings. The Labute approximate surface area is 148 Å². The van der Waals surface area contributed by atoms with Crippen LogP contribution in [0.4, 0.5) is 0 Å². The van der Waals surface area contributed by atoms with Crippen molar-refractivity contribution in [1.82, 2.24) is 0 Å². The number of carbonyl (C=O) groups excluding carboxylic acids is 2. The van der Waals surface area contributed by atoms with Crippen LogP contribution in [0.15, 0.2) is 0 Å². The Hall–Kier alpha value is -1.26. The Kier molecular flexibility index (Phi) is 11.5. The summed E-state index contributed by atoms with van der Waals surface area (Å²) in [5.41, 5.74) is -1.13. The third-order valence-corrected chi connectivity index (χ3v) is 1.95. The van der Waals surface area contributed by atoms with Crippen LogP contribution >= 0.6 is 0 Å². The molecule has 0 bridgehead atoms. The molecule has 0 spiro atoms. The number of hydrogen-bond acceptors (Lipinski definition) is 9. The summed E-state index contributed by atoms with van der Waals surface area (Å²) in [5.74, 6) is -1.23. The van der Waals surface area contributed by atoms with E-state index in [-0.39, 0.29) is 39.6 Å². The van der Waals surface area contributed by atoms with E-state index in [9.17, 15) is 9.59 Å². The van der Waals surface area contributed by atoms with Gasteiger partial charge in [-0.1, -0.05) is 0 Å². The molecule has 9 nitrogen and oxygen atoms in total. The van der Waals surface area contributed by atoms with E-state index in [0.29, 0.717) is 0 Å². The van der Waals surface area contributed by atoms with Crippen molar-refractivity contribution in [2.75, 3.05) is 39.6 Å². The van der Waals surface area contributed by atoms with Gasteiger partial charge in [-0.2, -0.15) is 9.78 Å². The summed E-state index contributed by atoms with van der Waals surface area (Å²) >= 11 is 0. The molecule has 0 aliphatic heterocycles. The fourth-order valence-corrected chi connectivity index (χ4v) is 1.04. The molecule has 0 aliphatic carbocycles. The van der Waals surface area contributed by atoms with Crippen LogP contribution in [0, 0.1) is 0 Å². The summed E-state index contributed by atoms with van der Waals surface area (Å²) in [6, 6.07) is 0. The molecule has 0 amide bonds. The van der Waals surface area contributed by atoms with Gasteiger partial charge in [0.2, 0.25) is 0 Å². The highest BCUT2D eigenvalue weighted by molar-refractivity contribution is 5.70. The summed E-state index contributed by atoms with van der Waals surface area (Å²) < 4.78 is 15.3. The summed E-state index contributed by atoms with van der Waals surface area (Å²) in [6.07, 6.45) is 0. The van der Waals surface area contributed by atoms with E-state index in [1.165, 1.54) is 0 Å². The molecule has 9 heteroatoms.